The Morgan fingerprint density at radius 1 is 1.04 bits per heavy atom. The maximum absolute atomic E-state index is 12.8. The average Bonchev–Trinajstić information content (AvgIpc) is 2.72. The zero-order chi connectivity index (χ0) is 20.3. The van der Waals surface area contributed by atoms with Gasteiger partial charge in [-0.25, -0.2) is 0 Å². The van der Waals surface area contributed by atoms with Gasteiger partial charge < -0.3 is 9.80 Å². The van der Waals surface area contributed by atoms with Crippen LogP contribution in [0.5, 0.6) is 0 Å². The largest absolute Gasteiger partial charge is 0.343 e. The minimum absolute atomic E-state index is 0.0910. The predicted octanol–water partition coefficient (Wildman–Crippen LogP) is 5.71. The summed E-state index contributed by atoms with van der Waals surface area (Å²) in [6, 6.07) is 14.3. The van der Waals surface area contributed by atoms with Gasteiger partial charge in [0.25, 0.3) is 5.91 Å². The van der Waals surface area contributed by atoms with Gasteiger partial charge in [-0.15, -0.1) is 0 Å². The van der Waals surface area contributed by atoms with Gasteiger partial charge in [0, 0.05) is 31.4 Å². The van der Waals surface area contributed by atoms with Crippen LogP contribution in [0.25, 0.3) is 0 Å². The molecule has 0 N–H and O–H groups in total. The van der Waals surface area contributed by atoms with Crippen LogP contribution >= 0.6 is 0 Å². The van der Waals surface area contributed by atoms with Gasteiger partial charge in [-0.2, -0.15) is 0 Å². The number of amides is 1. The Hall–Kier alpha value is -2.62. The van der Waals surface area contributed by atoms with Crippen molar-refractivity contribution >= 4 is 29.7 Å². The Balaban J connectivity index is 1.85. The molecule has 0 spiro atoms. The smallest absolute Gasteiger partial charge is 0.253 e. The fraction of sp³-hybridized carbons (Fsp3) is 0.417. The van der Waals surface area contributed by atoms with E-state index in [9.17, 15) is 4.79 Å². The molecule has 28 heavy (non-hydrogen) atoms. The highest BCUT2D eigenvalue weighted by atomic mass is 16.2. The van der Waals surface area contributed by atoms with Crippen molar-refractivity contribution < 1.29 is 4.79 Å². The molecule has 4 nitrogen and oxygen atoms in total. The topological polar surface area (TPSA) is 35.9 Å². The zero-order valence-electron chi connectivity index (χ0n) is 17.5. The Kier molecular flexibility index (Phi) is 5.87. The standard InChI is InChI=1S/C24H31N3O/c1-24(2,3)19-10-12-20(13-11-19)26(5)22-14-9-18(17-21(22)25-4)23(28)27-15-7-6-8-16-27/h9-14,17H,4,6-8,15-16H2,1-3,5H3. The molecule has 1 saturated heterocycles. The second-order valence-electron chi connectivity index (χ2n) is 8.57. The van der Waals surface area contributed by atoms with Crippen LogP contribution < -0.4 is 4.90 Å². The number of carbonyl (C=O) groups excluding carboxylic acids is 1. The summed E-state index contributed by atoms with van der Waals surface area (Å²) in [5.41, 5.74) is 4.85. The van der Waals surface area contributed by atoms with E-state index in [2.05, 4.69) is 61.6 Å². The van der Waals surface area contributed by atoms with E-state index in [0.717, 1.165) is 43.0 Å². The van der Waals surface area contributed by atoms with Gasteiger partial charge in [0.15, 0.2) is 0 Å². The lowest BCUT2D eigenvalue weighted by Crippen LogP contribution is -2.35. The van der Waals surface area contributed by atoms with Crippen LogP contribution in [-0.2, 0) is 5.41 Å². The summed E-state index contributed by atoms with van der Waals surface area (Å²) in [6.45, 7) is 12.1. The average molecular weight is 378 g/mol. The van der Waals surface area contributed by atoms with Gasteiger partial charge in [0.05, 0.1) is 11.4 Å². The summed E-state index contributed by atoms with van der Waals surface area (Å²) >= 11 is 0. The number of carbonyl (C=O) groups is 1. The second-order valence-corrected chi connectivity index (χ2v) is 8.57. The van der Waals surface area contributed by atoms with Crippen molar-refractivity contribution in [1.29, 1.82) is 0 Å². The maximum atomic E-state index is 12.8. The molecule has 0 radical (unpaired) electrons. The second kappa shape index (κ2) is 8.17. The summed E-state index contributed by atoms with van der Waals surface area (Å²) < 4.78 is 0. The van der Waals surface area contributed by atoms with Crippen molar-refractivity contribution in [3.63, 3.8) is 0 Å². The molecule has 0 atom stereocenters. The zero-order valence-corrected chi connectivity index (χ0v) is 17.5. The number of rotatable bonds is 4. The Bertz CT molecular complexity index is 843. The number of likely N-dealkylation sites (tertiary alicyclic amines) is 1. The Morgan fingerprint density at radius 3 is 2.25 bits per heavy atom. The van der Waals surface area contributed by atoms with Crippen molar-refractivity contribution in [3.05, 3.63) is 53.6 Å². The van der Waals surface area contributed by atoms with E-state index in [1.807, 2.05) is 30.1 Å². The molecule has 0 bridgehead atoms. The minimum atomic E-state index is 0.0910. The molecule has 3 rings (SSSR count). The molecule has 1 fully saturated rings. The van der Waals surface area contributed by atoms with E-state index < -0.39 is 0 Å². The summed E-state index contributed by atoms with van der Waals surface area (Å²) in [4.78, 5) is 21.0. The SMILES string of the molecule is C=Nc1cc(C(=O)N2CCCCC2)ccc1N(C)c1ccc(C(C)(C)C)cc1. The fourth-order valence-corrected chi connectivity index (χ4v) is 3.67. The number of anilines is 2. The Labute approximate surface area is 168 Å². The highest BCUT2D eigenvalue weighted by Crippen LogP contribution is 2.35. The highest BCUT2D eigenvalue weighted by molar-refractivity contribution is 5.96. The molecule has 1 aliphatic heterocycles. The minimum Gasteiger partial charge on any atom is -0.343 e. The third-order valence-electron chi connectivity index (χ3n) is 5.52. The number of aliphatic imine (C=N–C) groups is 1. The fourth-order valence-electron chi connectivity index (χ4n) is 3.67. The lowest BCUT2D eigenvalue weighted by molar-refractivity contribution is 0.0724. The van der Waals surface area contributed by atoms with Crippen LogP contribution in [0.15, 0.2) is 47.5 Å². The van der Waals surface area contributed by atoms with Crippen molar-refractivity contribution in [2.45, 2.75) is 45.4 Å². The molecule has 0 unspecified atom stereocenters. The first-order valence-corrected chi connectivity index (χ1v) is 10.1. The number of hydrogen-bond acceptors (Lipinski definition) is 3. The molecular formula is C24H31N3O. The van der Waals surface area contributed by atoms with E-state index >= 15 is 0 Å². The van der Waals surface area contributed by atoms with Gasteiger partial charge in [0.1, 0.15) is 0 Å². The third-order valence-corrected chi connectivity index (χ3v) is 5.52. The number of nitrogens with zero attached hydrogens (tertiary/aromatic N) is 3. The first-order valence-electron chi connectivity index (χ1n) is 10.1. The summed E-state index contributed by atoms with van der Waals surface area (Å²) in [6.07, 6.45) is 3.38. The van der Waals surface area contributed by atoms with Crippen molar-refractivity contribution in [1.82, 2.24) is 4.90 Å². The lowest BCUT2D eigenvalue weighted by Gasteiger charge is -2.27. The van der Waals surface area contributed by atoms with E-state index in [1.165, 1.54) is 12.0 Å². The number of piperidine rings is 1. The van der Waals surface area contributed by atoms with E-state index in [4.69, 9.17) is 0 Å². The molecule has 0 aromatic heterocycles. The molecule has 148 valence electrons. The van der Waals surface area contributed by atoms with Crippen LogP contribution in [0, 0.1) is 0 Å². The number of benzene rings is 2. The molecule has 1 aliphatic rings. The predicted molar refractivity (Wildman–Crippen MR) is 119 cm³/mol. The molecule has 2 aromatic carbocycles. The van der Waals surface area contributed by atoms with Crippen molar-refractivity contribution in [2.24, 2.45) is 4.99 Å². The summed E-state index contributed by atoms with van der Waals surface area (Å²) in [7, 11) is 2.02. The maximum Gasteiger partial charge on any atom is 0.253 e. The van der Waals surface area contributed by atoms with Gasteiger partial charge >= 0.3 is 0 Å². The lowest BCUT2D eigenvalue weighted by atomic mass is 9.87. The normalized spacial score (nSPS) is 14.6. The van der Waals surface area contributed by atoms with Crippen LogP contribution in [-0.4, -0.2) is 37.7 Å². The molecule has 0 saturated carbocycles. The van der Waals surface area contributed by atoms with Gasteiger partial charge in [-0.05, 0) is 67.3 Å². The quantitative estimate of drug-likeness (QED) is 0.640. The highest BCUT2D eigenvalue weighted by Gasteiger charge is 2.20. The molecule has 2 aromatic rings. The third kappa shape index (κ3) is 4.27. The summed E-state index contributed by atoms with van der Waals surface area (Å²) in [5.74, 6) is 0.0910. The first-order chi connectivity index (χ1) is 13.3. The molecule has 4 heteroatoms. The van der Waals surface area contributed by atoms with Crippen LogP contribution in [0.1, 0.15) is 56.0 Å². The van der Waals surface area contributed by atoms with Crippen LogP contribution in [0.4, 0.5) is 17.1 Å². The monoisotopic (exact) mass is 377 g/mol. The van der Waals surface area contributed by atoms with Gasteiger partial charge in [-0.3, -0.25) is 9.79 Å². The van der Waals surface area contributed by atoms with E-state index in [1.54, 1.807) is 0 Å². The number of hydrogen-bond donors (Lipinski definition) is 0. The van der Waals surface area contributed by atoms with Crippen molar-refractivity contribution in [3.8, 4) is 0 Å². The molecule has 1 amide bonds. The Morgan fingerprint density at radius 2 is 1.68 bits per heavy atom. The summed E-state index contributed by atoms with van der Waals surface area (Å²) in [5, 5.41) is 0. The van der Waals surface area contributed by atoms with Gasteiger partial charge in [0.2, 0.25) is 0 Å². The van der Waals surface area contributed by atoms with Crippen LogP contribution in [0.3, 0.4) is 0 Å². The van der Waals surface area contributed by atoms with E-state index in [-0.39, 0.29) is 11.3 Å². The molecule has 1 heterocycles. The van der Waals surface area contributed by atoms with Crippen LogP contribution in [0.2, 0.25) is 0 Å². The van der Waals surface area contributed by atoms with Gasteiger partial charge in [-0.1, -0.05) is 32.9 Å². The molecular weight excluding hydrogens is 346 g/mol. The first kappa shape index (κ1) is 20.1. The van der Waals surface area contributed by atoms with E-state index in [0.29, 0.717) is 5.56 Å². The van der Waals surface area contributed by atoms with Crippen molar-refractivity contribution in [2.75, 3.05) is 25.0 Å². The molecule has 0 aliphatic carbocycles.